The van der Waals surface area contributed by atoms with Crippen LogP contribution in [0.5, 0.6) is 0 Å². The average molecular weight is 401 g/mol. The zero-order valence-corrected chi connectivity index (χ0v) is 17.2. The molecule has 2 aliphatic rings. The second-order valence-corrected chi connectivity index (χ2v) is 8.42. The Hall–Kier alpha value is -2.92. The zero-order valence-electron chi connectivity index (χ0n) is 17.2. The monoisotopic (exact) mass is 400 g/mol. The van der Waals surface area contributed by atoms with Crippen molar-refractivity contribution in [3.63, 3.8) is 0 Å². The molecule has 5 nitrogen and oxygen atoms in total. The number of hydrogen-bond donors (Lipinski definition) is 1. The van der Waals surface area contributed by atoms with Gasteiger partial charge in [-0.25, -0.2) is 4.98 Å². The second-order valence-electron chi connectivity index (χ2n) is 8.42. The summed E-state index contributed by atoms with van der Waals surface area (Å²) in [6.07, 6.45) is 5.42. The molecule has 154 valence electrons. The number of nitrogens with one attached hydrogen (secondary N) is 1. The molecule has 1 aromatic heterocycles. The number of carbonyl (C=O) groups excluding carboxylic acids is 1. The van der Waals surface area contributed by atoms with Crippen LogP contribution in [-0.2, 0) is 13.0 Å². The number of fused-ring (bicyclic) bond motifs is 1. The van der Waals surface area contributed by atoms with Gasteiger partial charge < -0.3 is 9.88 Å². The zero-order chi connectivity index (χ0) is 20.3. The minimum atomic E-state index is -0.0895. The van der Waals surface area contributed by atoms with Gasteiger partial charge in [0.05, 0.1) is 6.04 Å². The summed E-state index contributed by atoms with van der Waals surface area (Å²) < 4.78 is 2.17. The Morgan fingerprint density at radius 3 is 2.47 bits per heavy atom. The molecule has 3 aromatic rings. The van der Waals surface area contributed by atoms with Crippen molar-refractivity contribution in [1.82, 2.24) is 19.8 Å². The molecule has 1 fully saturated rings. The second kappa shape index (κ2) is 8.44. The molecule has 1 amide bonds. The fourth-order valence-electron chi connectivity index (χ4n) is 4.35. The first-order valence-electron chi connectivity index (χ1n) is 11.0. The first-order valence-corrected chi connectivity index (χ1v) is 11.0. The minimum Gasteiger partial charge on any atom is -0.350 e. The highest BCUT2D eigenvalue weighted by Gasteiger charge is 2.35. The average Bonchev–Trinajstić information content (AvgIpc) is 3.49. The van der Waals surface area contributed by atoms with Gasteiger partial charge in [0.2, 0.25) is 0 Å². The lowest BCUT2D eigenvalue weighted by atomic mass is 10.0. The van der Waals surface area contributed by atoms with E-state index in [0.717, 1.165) is 37.8 Å². The van der Waals surface area contributed by atoms with Gasteiger partial charge in [0.25, 0.3) is 5.91 Å². The normalized spacial score (nSPS) is 18.7. The van der Waals surface area contributed by atoms with Crippen molar-refractivity contribution in [2.45, 2.75) is 31.8 Å². The van der Waals surface area contributed by atoms with Gasteiger partial charge in [-0.05, 0) is 36.3 Å². The number of rotatable bonds is 7. The van der Waals surface area contributed by atoms with Gasteiger partial charge in [-0.3, -0.25) is 9.69 Å². The molecule has 1 aliphatic heterocycles. The van der Waals surface area contributed by atoms with Crippen LogP contribution in [0.25, 0.3) is 0 Å². The minimum absolute atomic E-state index is 0.0895. The van der Waals surface area contributed by atoms with Gasteiger partial charge in [0.15, 0.2) is 0 Å². The summed E-state index contributed by atoms with van der Waals surface area (Å²) in [4.78, 5) is 20.1. The van der Waals surface area contributed by atoms with Crippen LogP contribution in [0.15, 0.2) is 66.9 Å². The Kier molecular flexibility index (Phi) is 5.37. The quantitative estimate of drug-likeness (QED) is 0.658. The highest BCUT2D eigenvalue weighted by molar-refractivity contribution is 5.92. The van der Waals surface area contributed by atoms with E-state index in [1.165, 1.54) is 24.0 Å². The van der Waals surface area contributed by atoms with Crippen LogP contribution in [0.1, 0.15) is 46.3 Å². The van der Waals surface area contributed by atoms with E-state index in [1.54, 1.807) is 0 Å². The maximum atomic E-state index is 12.8. The number of imidazole rings is 1. The number of aromatic nitrogens is 2. The Morgan fingerprint density at radius 2 is 1.73 bits per heavy atom. The predicted molar refractivity (Wildman–Crippen MR) is 117 cm³/mol. The van der Waals surface area contributed by atoms with Crippen LogP contribution in [-0.4, -0.2) is 40.0 Å². The van der Waals surface area contributed by atoms with Crippen molar-refractivity contribution in [3.8, 4) is 0 Å². The Morgan fingerprint density at radius 1 is 1.00 bits per heavy atom. The van der Waals surface area contributed by atoms with Crippen LogP contribution >= 0.6 is 0 Å². The molecule has 2 aromatic carbocycles. The molecule has 5 heteroatoms. The lowest BCUT2D eigenvalue weighted by Gasteiger charge is -2.36. The molecule has 30 heavy (non-hydrogen) atoms. The molecule has 0 spiro atoms. The summed E-state index contributed by atoms with van der Waals surface area (Å²) in [5.74, 6) is 1.72. The lowest BCUT2D eigenvalue weighted by molar-refractivity contribution is 0.0949. The first-order chi connectivity index (χ1) is 14.8. The summed E-state index contributed by atoms with van der Waals surface area (Å²) in [7, 11) is 0. The Labute approximate surface area is 177 Å². The molecule has 0 bridgehead atoms. The molecule has 1 aliphatic carbocycles. The molecular weight excluding hydrogens is 372 g/mol. The fraction of sp³-hybridized carbons (Fsp3) is 0.360. The molecule has 5 rings (SSSR count). The summed E-state index contributed by atoms with van der Waals surface area (Å²) in [5.41, 5.74) is 3.00. The van der Waals surface area contributed by atoms with E-state index >= 15 is 0 Å². The van der Waals surface area contributed by atoms with E-state index in [0.29, 0.717) is 12.2 Å². The summed E-state index contributed by atoms with van der Waals surface area (Å²) in [6, 6.07) is 20.9. The topological polar surface area (TPSA) is 50.2 Å². The van der Waals surface area contributed by atoms with Crippen molar-refractivity contribution in [2.24, 2.45) is 5.92 Å². The highest BCUT2D eigenvalue weighted by atomic mass is 16.1. The van der Waals surface area contributed by atoms with Crippen molar-refractivity contribution in [2.75, 3.05) is 19.6 Å². The van der Waals surface area contributed by atoms with Gasteiger partial charge in [0.1, 0.15) is 11.5 Å². The summed E-state index contributed by atoms with van der Waals surface area (Å²) in [6.45, 7) is 3.61. The standard InChI is InChI=1S/C25H28N4O/c30-25(26-14-13-19-7-3-1-4-8-19)22-18-29-16-15-28(17-20-11-12-20)23(24(29)27-22)21-9-5-2-6-10-21/h1-10,18,20,23H,11-17H2,(H,26,30). The van der Waals surface area contributed by atoms with E-state index in [4.69, 9.17) is 4.98 Å². The number of benzene rings is 2. The van der Waals surface area contributed by atoms with Gasteiger partial charge in [-0.2, -0.15) is 0 Å². The van der Waals surface area contributed by atoms with Crippen molar-refractivity contribution in [3.05, 3.63) is 89.5 Å². The van der Waals surface area contributed by atoms with Crippen LogP contribution in [0.4, 0.5) is 0 Å². The van der Waals surface area contributed by atoms with Gasteiger partial charge in [-0.1, -0.05) is 60.7 Å². The number of hydrogen-bond acceptors (Lipinski definition) is 3. The number of carbonyl (C=O) groups is 1. The third-order valence-electron chi connectivity index (χ3n) is 6.12. The highest BCUT2D eigenvalue weighted by Crippen LogP contribution is 2.37. The summed E-state index contributed by atoms with van der Waals surface area (Å²) in [5, 5.41) is 3.04. The van der Waals surface area contributed by atoms with Crippen molar-refractivity contribution >= 4 is 5.91 Å². The van der Waals surface area contributed by atoms with Crippen molar-refractivity contribution in [1.29, 1.82) is 0 Å². The molecular formula is C25H28N4O. The van der Waals surface area contributed by atoms with Crippen LogP contribution in [0, 0.1) is 5.92 Å². The molecule has 1 unspecified atom stereocenters. The smallest absolute Gasteiger partial charge is 0.271 e. The van der Waals surface area contributed by atoms with Crippen LogP contribution in [0.2, 0.25) is 0 Å². The van der Waals surface area contributed by atoms with E-state index in [-0.39, 0.29) is 11.9 Å². The third-order valence-corrected chi connectivity index (χ3v) is 6.12. The Bertz CT molecular complexity index is 995. The largest absolute Gasteiger partial charge is 0.350 e. The molecule has 1 atom stereocenters. The van der Waals surface area contributed by atoms with Gasteiger partial charge >= 0.3 is 0 Å². The number of amides is 1. The molecule has 2 heterocycles. The molecule has 0 radical (unpaired) electrons. The van der Waals surface area contributed by atoms with Gasteiger partial charge in [-0.15, -0.1) is 0 Å². The predicted octanol–water partition coefficient (Wildman–Crippen LogP) is 3.67. The van der Waals surface area contributed by atoms with Gasteiger partial charge in [0, 0.05) is 32.4 Å². The molecule has 1 saturated carbocycles. The maximum Gasteiger partial charge on any atom is 0.271 e. The van der Waals surface area contributed by atoms with Crippen LogP contribution in [0.3, 0.4) is 0 Å². The van der Waals surface area contributed by atoms with E-state index in [1.807, 2.05) is 24.4 Å². The lowest BCUT2D eigenvalue weighted by Crippen LogP contribution is -2.40. The molecule has 0 saturated heterocycles. The van der Waals surface area contributed by atoms with E-state index < -0.39 is 0 Å². The molecule has 1 N–H and O–H groups in total. The number of nitrogens with zero attached hydrogens (tertiary/aromatic N) is 3. The first kappa shape index (κ1) is 19.1. The van der Waals surface area contributed by atoms with E-state index in [9.17, 15) is 4.79 Å². The Balaban J connectivity index is 1.33. The fourth-order valence-corrected chi connectivity index (χ4v) is 4.35. The SMILES string of the molecule is O=C(NCCc1ccccc1)c1cn2c(n1)C(c1ccccc1)N(CC1CC1)CC2. The van der Waals surface area contributed by atoms with Crippen LogP contribution < -0.4 is 5.32 Å². The van der Waals surface area contributed by atoms with E-state index in [2.05, 4.69) is 57.2 Å². The summed E-state index contributed by atoms with van der Waals surface area (Å²) >= 11 is 0. The van der Waals surface area contributed by atoms with Crippen molar-refractivity contribution < 1.29 is 4.79 Å². The maximum absolute atomic E-state index is 12.8. The third kappa shape index (κ3) is 4.17.